The van der Waals surface area contributed by atoms with Crippen LogP contribution in [-0.2, 0) is 4.79 Å². The second-order valence-electron chi connectivity index (χ2n) is 7.00. The van der Waals surface area contributed by atoms with Crippen molar-refractivity contribution in [1.82, 2.24) is 14.8 Å². The number of halogens is 1. The van der Waals surface area contributed by atoms with Gasteiger partial charge in [-0.15, -0.1) is 0 Å². The second-order valence-corrected chi connectivity index (χ2v) is 8.03. The number of carbonyl (C=O) groups excluding carboxylic acids is 1. The van der Waals surface area contributed by atoms with Crippen LogP contribution in [0.5, 0.6) is 0 Å². The Bertz CT molecular complexity index is 1180. The van der Waals surface area contributed by atoms with E-state index in [-0.39, 0.29) is 5.91 Å². The van der Waals surface area contributed by atoms with E-state index in [9.17, 15) is 9.18 Å². The standard InChI is InChI=1S/C21H17FN4OS/c1-12-3-5-14(26-8-2-7-23-26)10-15(12)13-4-6-18-19(9-13)28-21(24-18)25-20(27)16-11-17(16)22/h2-10,16-17H,11H2,1H3,(H,24,25,27)/t16-,17+/m1/s1. The summed E-state index contributed by atoms with van der Waals surface area (Å²) in [5, 5.41) is 7.55. The molecule has 5 rings (SSSR count). The first kappa shape index (κ1) is 17.1. The van der Waals surface area contributed by atoms with E-state index in [1.807, 2.05) is 35.1 Å². The summed E-state index contributed by atoms with van der Waals surface area (Å²) in [7, 11) is 0. The Morgan fingerprint density at radius 1 is 1.29 bits per heavy atom. The molecule has 5 nitrogen and oxygen atoms in total. The van der Waals surface area contributed by atoms with Crippen LogP contribution in [0.2, 0.25) is 0 Å². The number of hydrogen-bond acceptors (Lipinski definition) is 4. The van der Waals surface area contributed by atoms with Gasteiger partial charge in [0.1, 0.15) is 6.17 Å². The largest absolute Gasteiger partial charge is 0.302 e. The fraction of sp³-hybridized carbons (Fsp3) is 0.190. The van der Waals surface area contributed by atoms with Gasteiger partial charge in [-0.1, -0.05) is 23.5 Å². The highest BCUT2D eigenvalue weighted by Gasteiger charge is 2.43. The van der Waals surface area contributed by atoms with Gasteiger partial charge in [0.25, 0.3) is 0 Å². The average Bonchev–Trinajstić information content (AvgIpc) is 3.09. The number of aromatic nitrogens is 3. The molecule has 2 heterocycles. The zero-order chi connectivity index (χ0) is 19.3. The first-order chi connectivity index (χ1) is 13.6. The Labute approximate surface area is 164 Å². The summed E-state index contributed by atoms with van der Waals surface area (Å²) < 4.78 is 15.9. The Morgan fingerprint density at radius 2 is 2.14 bits per heavy atom. The van der Waals surface area contributed by atoms with E-state index >= 15 is 0 Å². The lowest BCUT2D eigenvalue weighted by Crippen LogP contribution is -2.14. The number of amides is 1. The molecule has 4 aromatic rings. The molecular formula is C21H17FN4OS. The topological polar surface area (TPSA) is 59.8 Å². The van der Waals surface area contributed by atoms with Crippen molar-refractivity contribution in [3.63, 3.8) is 0 Å². The Morgan fingerprint density at radius 3 is 2.89 bits per heavy atom. The molecule has 1 amide bonds. The first-order valence-electron chi connectivity index (χ1n) is 9.05. The molecular weight excluding hydrogens is 375 g/mol. The summed E-state index contributed by atoms with van der Waals surface area (Å²) in [5.74, 6) is -0.801. The number of thiazole rings is 1. The van der Waals surface area contributed by atoms with Crippen LogP contribution < -0.4 is 5.32 Å². The highest BCUT2D eigenvalue weighted by atomic mass is 32.1. The summed E-state index contributed by atoms with van der Waals surface area (Å²) in [6, 6.07) is 14.2. The second kappa shape index (κ2) is 6.53. The van der Waals surface area contributed by atoms with Crippen molar-refractivity contribution in [1.29, 1.82) is 0 Å². The molecule has 140 valence electrons. The Balaban J connectivity index is 1.48. The SMILES string of the molecule is Cc1ccc(-n2cccn2)cc1-c1ccc2nc(NC(=O)[C@@H]3C[C@@H]3F)sc2c1. The van der Waals surface area contributed by atoms with E-state index in [4.69, 9.17) is 0 Å². The minimum Gasteiger partial charge on any atom is -0.302 e. The summed E-state index contributed by atoms with van der Waals surface area (Å²) in [6.45, 7) is 2.08. The van der Waals surface area contributed by atoms with Crippen LogP contribution in [0.3, 0.4) is 0 Å². The Hall–Kier alpha value is -3.06. The number of carbonyl (C=O) groups is 1. The van der Waals surface area contributed by atoms with Crippen molar-refractivity contribution in [3.8, 4) is 16.8 Å². The number of aryl methyl sites for hydroxylation is 1. The van der Waals surface area contributed by atoms with Crippen LogP contribution in [0.4, 0.5) is 9.52 Å². The lowest BCUT2D eigenvalue weighted by atomic mass is 10.00. The number of nitrogens with zero attached hydrogens (tertiary/aromatic N) is 3. The number of anilines is 1. The molecule has 28 heavy (non-hydrogen) atoms. The van der Waals surface area contributed by atoms with Crippen molar-refractivity contribution in [2.75, 3.05) is 5.32 Å². The van der Waals surface area contributed by atoms with Gasteiger partial charge in [-0.25, -0.2) is 14.1 Å². The number of alkyl halides is 1. The van der Waals surface area contributed by atoms with Crippen molar-refractivity contribution in [2.24, 2.45) is 5.92 Å². The molecule has 1 aliphatic carbocycles. The van der Waals surface area contributed by atoms with Gasteiger partial charge < -0.3 is 5.32 Å². The lowest BCUT2D eigenvalue weighted by Gasteiger charge is -2.09. The van der Waals surface area contributed by atoms with E-state index in [0.29, 0.717) is 11.6 Å². The van der Waals surface area contributed by atoms with Gasteiger partial charge in [-0.2, -0.15) is 5.10 Å². The van der Waals surface area contributed by atoms with Crippen LogP contribution >= 0.6 is 11.3 Å². The van der Waals surface area contributed by atoms with Gasteiger partial charge in [0, 0.05) is 12.4 Å². The van der Waals surface area contributed by atoms with E-state index in [2.05, 4.69) is 40.5 Å². The van der Waals surface area contributed by atoms with Crippen molar-refractivity contribution >= 4 is 32.6 Å². The zero-order valence-corrected chi connectivity index (χ0v) is 15.9. The molecule has 2 atom stereocenters. The van der Waals surface area contributed by atoms with E-state index in [0.717, 1.165) is 32.6 Å². The maximum atomic E-state index is 13.1. The summed E-state index contributed by atoms with van der Waals surface area (Å²) in [6.07, 6.45) is 2.97. The molecule has 0 spiro atoms. The molecule has 0 saturated heterocycles. The highest BCUT2D eigenvalue weighted by Crippen LogP contribution is 2.36. The summed E-state index contributed by atoms with van der Waals surface area (Å²) >= 11 is 1.41. The summed E-state index contributed by atoms with van der Waals surface area (Å²) in [4.78, 5) is 16.4. The molecule has 0 radical (unpaired) electrons. The quantitative estimate of drug-likeness (QED) is 0.545. The molecule has 7 heteroatoms. The first-order valence-corrected chi connectivity index (χ1v) is 9.87. The monoisotopic (exact) mass is 392 g/mol. The molecule has 1 fully saturated rings. The number of hydrogen-bond donors (Lipinski definition) is 1. The number of benzene rings is 2. The molecule has 0 unspecified atom stereocenters. The van der Waals surface area contributed by atoms with Crippen molar-refractivity contribution in [3.05, 3.63) is 60.4 Å². The third-order valence-corrected chi connectivity index (χ3v) is 5.90. The fourth-order valence-electron chi connectivity index (χ4n) is 3.26. The zero-order valence-electron chi connectivity index (χ0n) is 15.1. The van der Waals surface area contributed by atoms with Gasteiger partial charge in [0.2, 0.25) is 5.91 Å². The maximum absolute atomic E-state index is 13.1. The maximum Gasteiger partial charge on any atom is 0.232 e. The van der Waals surface area contributed by atoms with Crippen LogP contribution in [-0.4, -0.2) is 26.8 Å². The third kappa shape index (κ3) is 3.07. The van der Waals surface area contributed by atoms with E-state index < -0.39 is 12.1 Å². The van der Waals surface area contributed by atoms with Crippen LogP contribution in [0.1, 0.15) is 12.0 Å². The fourth-order valence-corrected chi connectivity index (χ4v) is 4.17. The molecule has 0 bridgehead atoms. The molecule has 2 aromatic carbocycles. The number of rotatable bonds is 4. The van der Waals surface area contributed by atoms with Crippen molar-refractivity contribution < 1.29 is 9.18 Å². The predicted octanol–water partition coefficient (Wildman–Crippen LogP) is 4.75. The predicted molar refractivity (Wildman–Crippen MR) is 109 cm³/mol. The smallest absolute Gasteiger partial charge is 0.232 e. The van der Waals surface area contributed by atoms with Crippen LogP contribution in [0, 0.1) is 12.8 Å². The lowest BCUT2D eigenvalue weighted by molar-refractivity contribution is -0.117. The van der Waals surface area contributed by atoms with E-state index in [1.54, 1.807) is 6.20 Å². The minimum atomic E-state index is -1.01. The van der Waals surface area contributed by atoms with Gasteiger partial charge in [0.05, 0.1) is 21.8 Å². The highest BCUT2D eigenvalue weighted by molar-refractivity contribution is 7.22. The number of nitrogens with one attached hydrogen (secondary N) is 1. The molecule has 1 aliphatic rings. The van der Waals surface area contributed by atoms with Gasteiger partial charge in [0.15, 0.2) is 5.13 Å². The summed E-state index contributed by atoms with van der Waals surface area (Å²) in [5.41, 5.74) is 5.17. The van der Waals surface area contributed by atoms with Crippen molar-refractivity contribution in [2.45, 2.75) is 19.5 Å². The average molecular weight is 392 g/mol. The van der Waals surface area contributed by atoms with E-state index in [1.165, 1.54) is 11.3 Å². The number of fused-ring (bicyclic) bond motifs is 1. The van der Waals surface area contributed by atoms with Gasteiger partial charge in [-0.3, -0.25) is 4.79 Å². The third-order valence-electron chi connectivity index (χ3n) is 4.97. The molecule has 1 N–H and O–H groups in total. The Kier molecular flexibility index (Phi) is 3.98. The van der Waals surface area contributed by atoms with Crippen LogP contribution in [0.15, 0.2) is 54.9 Å². The van der Waals surface area contributed by atoms with Gasteiger partial charge >= 0.3 is 0 Å². The normalized spacial score (nSPS) is 18.4. The molecule has 0 aliphatic heterocycles. The minimum absolute atomic E-state index is 0.283. The van der Waals surface area contributed by atoms with Crippen LogP contribution in [0.25, 0.3) is 27.0 Å². The van der Waals surface area contributed by atoms with Gasteiger partial charge in [-0.05, 0) is 60.4 Å². The molecule has 1 saturated carbocycles. The molecule has 2 aromatic heterocycles.